The van der Waals surface area contributed by atoms with Crippen LogP contribution in [0.5, 0.6) is 0 Å². The highest BCUT2D eigenvalue weighted by Gasteiger charge is 2.02. The molecule has 0 aromatic carbocycles. The van der Waals surface area contributed by atoms with Crippen molar-refractivity contribution < 1.29 is 0 Å². The zero-order chi connectivity index (χ0) is 20.5. The van der Waals surface area contributed by atoms with Crippen LogP contribution in [0.3, 0.4) is 0 Å². The fraction of sp³-hybridized carbons (Fsp3) is 0.964. The molecule has 0 aliphatic rings. The molecule has 0 N–H and O–H groups in total. The molecule has 0 spiro atoms. The van der Waals surface area contributed by atoms with E-state index in [2.05, 4.69) is 20.8 Å². The first-order chi connectivity index (χ1) is 13.8. The summed E-state index contributed by atoms with van der Waals surface area (Å²) in [6.45, 7) is 8.99. The SMILES string of the molecule is [CH2]C(CCCCCCCCCC)CCCCCCCCCCCCCCCC. The van der Waals surface area contributed by atoms with Gasteiger partial charge in [-0.15, -0.1) is 0 Å². The molecule has 28 heavy (non-hydrogen) atoms. The topological polar surface area (TPSA) is 0 Å². The molecular formula is C28H57. The Hall–Kier alpha value is 0. The molecule has 0 saturated heterocycles. The molecule has 0 nitrogen and oxygen atoms in total. The average molecular weight is 394 g/mol. The van der Waals surface area contributed by atoms with E-state index in [4.69, 9.17) is 0 Å². The van der Waals surface area contributed by atoms with E-state index in [0.717, 1.165) is 5.92 Å². The maximum atomic E-state index is 4.40. The van der Waals surface area contributed by atoms with E-state index in [0.29, 0.717) is 0 Å². The largest absolute Gasteiger partial charge is 0.0654 e. The van der Waals surface area contributed by atoms with Gasteiger partial charge in [-0.05, 0) is 5.92 Å². The Morgan fingerprint density at radius 1 is 0.357 bits per heavy atom. The lowest BCUT2D eigenvalue weighted by atomic mass is 9.95. The van der Waals surface area contributed by atoms with Gasteiger partial charge >= 0.3 is 0 Å². The van der Waals surface area contributed by atoms with E-state index in [-0.39, 0.29) is 0 Å². The van der Waals surface area contributed by atoms with Crippen LogP contribution in [0.4, 0.5) is 0 Å². The smallest absolute Gasteiger partial charge is 0.0414 e. The molecule has 0 amide bonds. The van der Waals surface area contributed by atoms with Gasteiger partial charge in [-0.25, -0.2) is 0 Å². The Kier molecular flexibility index (Phi) is 25.0. The molecule has 169 valence electrons. The molecule has 1 unspecified atom stereocenters. The summed E-state index contributed by atoms with van der Waals surface area (Å²) in [6.07, 6.45) is 34.6. The van der Waals surface area contributed by atoms with Gasteiger partial charge in [-0.2, -0.15) is 0 Å². The molecule has 0 aliphatic carbocycles. The normalized spacial score (nSPS) is 12.5. The van der Waals surface area contributed by atoms with Crippen molar-refractivity contribution in [3.63, 3.8) is 0 Å². The van der Waals surface area contributed by atoms with Crippen molar-refractivity contribution in [3.05, 3.63) is 6.92 Å². The van der Waals surface area contributed by atoms with Crippen molar-refractivity contribution in [2.24, 2.45) is 5.92 Å². The third-order valence-corrected chi connectivity index (χ3v) is 6.43. The van der Waals surface area contributed by atoms with Gasteiger partial charge < -0.3 is 0 Å². The molecule has 0 rings (SSSR count). The highest BCUT2D eigenvalue weighted by atomic mass is 14.1. The van der Waals surface area contributed by atoms with Crippen LogP contribution in [0.25, 0.3) is 0 Å². The summed E-state index contributed by atoms with van der Waals surface area (Å²) in [7, 11) is 0. The molecule has 1 radical (unpaired) electrons. The fourth-order valence-electron chi connectivity index (χ4n) is 4.34. The number of hydrogen-bond donors (Lipinski definition) is 0. The molecule has 0 aromatic rings. The molecule has 0 heterocycles. The molecule has 0 aromatic heterocycles. The van der Waals surface area contributed by atoms with Crippen LogP contribution < -0.4 is 0 Å². The minimum atomic E-state index is 0.720. The quantitative estimate of drug-likeness (QED) is 0.143. The van der Waals surface area contributed by atoms with Crippen LogP contribution in [0.1, 0.15) is 168 Å². The molecular weight excluding hydrogens is 336 g/mol. The van der Waals surface area contributed by atoms with Gasteiger partial charge in [0.15, 0.2) is 0 Å². The highest BCUT2D eigenvalue weighted by Crippen LogP contribution is 2.19. The zero-order valence-corrected chi connectivity index (χ0v) is 20.3. The van der Waals surface area contributed by atoms with E-state index in [1.54, 1.807) is 0 Å². The van der Waals surface area contributed by atoms with E-state index >= 15 is 0 Å². The summed E-state index contributed by atoms with van der Waals surface area (Å²) in [5, 5.41) is 0. The lowest BCUT2D eigenvalue weighted by molar-refractivity contribution is 0.459. The number of hydrogen-bond acceptors (Lipinski definition) is 0. The number of rotatable bonds is 24. The Morgan fingerprint density at radius 3 is 0.821 bits per heavy atom. The van der Waals surface area contributed by atoms with Crippen LogP contribution in [0.2, 0.25) is 0 Å². The lowest BCUT2D eigenvalue weighted by Gasteiger charge is -2.11. The van der Waals surface area contributed by atoms with E-state index in [1.807, 2.05) is 0 Å². The van der Waals surface area contributed by atoms with E-state index in [1.165, 1.54) is 154 Å². The van der Waals surface area contributed by atoms with E-state index < -0.39 is 0 Å². The van der Waals surface area contributed by atoms with Crippen LogP contribution in [0.15, 0.2) is 0 Å². The standard InChI is InChI=1S/C28H57/c1-4-6-8-10-12-14-15-16-17-18-19-21-23-25-27-28(3)26-24-22-20-13-11-9-7-5-2/h28H,3-27H2,1-2H3. The zero-order valence-electron chi connectivity index (χ0n) is 20.3. The summed E-state index contributed by atoms with van der Waals surface area (Å²) >= 11 is 0. The monoisotopic (exact) mass is 393 g/mol. The maximum absolute atomic E-state index is 4.40. The van der Waals surface area contributed by atoms with Crippen molar-refractivity contribution >= 4 is 0 Å². The molecule has 0 saturated carbocycles. The van der Waals surface area contributed by atoms with Crippen LogP contribution in [-0.4, -0.2) is 0 Å². The average Bonchev–Trinajstić information content (AvgIpc) is 2.70. The summed E-state index contributed by atoms with van der Waals surface area (Å²) in [5.41, 5.74) is 0. The predicted molar refractivity (Wildman–Crippen MR) is 131 cm³/mol. The van der Waals surface area contributed by atoms with Crippen molar-refractivity contribution in [1.29, 1.82) is 0 Å². The predicted octanol–water partition coefficient (Wildman–Crippen LogP) is 10.8. The first-order valence-electron chi connectivity index (χ1n) is 13.6. The third kappa shape index (κ3) is 24.0. The van der Waals surface area contributed by atoms with Gasteiger partial charge in [0.25, 0.3) is 0 Å². The first kappa shape index (κ1) is 28.0. The van der Waals surface area contributed by atoms with Crippen molar-refractivity contribution in [1.82, 2.24) is 0 Å². The molecule has 0 heteroatoms. The highest BCUT2D eigenvalue weighted by molar-refractivity contribution is 4.62. The minimum absolute atomic E-state index is 0.720. The molecule has 0 fully saturated rings. The second-order valence-corrected chi connectivity index (χ2v) is 9.51. The summed E-state index contributed by atoms with van der Waals surface area (Å²) in [5.74, 6) is 0.720. The molecule has 0 aliphatic heterocycles. The van der Waals surface area contributed by atoms with Crippen LogP contribution >= 0.6 is 0 Å². The first-order valence-corrected chi connectivity index (χ1v) is 13.6. The minimum Gasteiger partial charge on any atom is -0.0654 e. The Bertz CT molecular complexity index is 257. The Morgan fingerprint density at radius 2 is 0.571 bits per heavy atom. The maximum Gasteiger partial charge on any atom is -0.0414 e. The molecule has 0 bridgehead atoms. The number of unbranched alkanes of at least 4 members (excludes halogenated alkanes) is 20. The van der Waals surface area contributed by atoms with Crippen molar-refractivity contribution in [2.75, 3.05) is 0 Å². The molecule has 1 atom stereocenters. The second-order valence-electron chi connectivity index (χ2n) is 9.51. The summed E-state index contributed by atoms with van der Waals surface area (Å²) < 4.78 is 0. The van der Waals surface area contributed by atoms with Gasteiger partial charge in [-0.1, -0.05) is 175 Å². The van der Waals surface area contributed by atoms with Crippen molar-refractivity contribution in [2.45, 2.75) is 168 Å². The third-order valence-electron chi connectivity index (χ3n) is 6.43. The van der Waals surface area contributed by atoms with Gasteiger partial charge in [0.2, 0.25) is 0 Å². The van der Waals surface area contributed by atoms with Crippen molar-refractivity contribution in [3.8, 4) is 0 Å². The lowest BCUT2D eigenvalue weighted by Crippen LogP contribution is -1.95. The summed E-state index contributed by atoms with van der Waals surface area (Å²) in [4.78, 5) is 0. The second kappa shape index (κ2) is 25.0. The Labute approximate surface area is 181 Å². The van der Waals surface area contributed by atoms with Crippen LogP contribution in [-0.2, 0) is 0 Å². The van der Waals surface area contributed by atoms with Gasteiger partial charge in [-0.3, -0.25) is 0 Å². The van der Waals surface area contributed by atoms with Crippen LogP contribution in [0, 0.1) is 12.8 Å². The Balaban J connectivity index is 3.11. The van der Waals surface area contributed by atoms with Gasteiger partial charge in [0.1, 0.15) is 0 Å². The van der Waals surface area contributed by atoms with Gasteiger partial charge in [0, 0.05) is 0 Å². The summed E-state index contributed by atoms with van der Waals surface area (Å²) in [6, 6.07) is 0. The van der Waals surface area contributed by atoms with E-state index in [9.17, 15) is 0 Å². The van der Waals surface area contributed by atoms with Gasteiger partial charge in [0.05, 0.1) is 0 Å². The fourth-order valence-corrected chi connectivity index (χ4v) is 4.34.